The first-order valence-corrected chi connectivity index (χ1v) is 6.58. The molecule has 0 spiro atoms. The second-order valence-electron chi connectivity index (χ2n) is 4.67. The minimum atomic E-state index is 0.118. The highest BCUT2D eigenvalue weighted by Gasteiger charge is 2.30. The van der Waals surface area contributed by atoms with Crippen LogP contribution < -0.4 is 15.4 Å². The molecule has 20 heavy (non-hydrogen) atoms. The molecule has 0 saturated heterocycles. The number of nitrogens with two attached hydrogens (primary N) is 1. The lowest BCUT2D eigenvalue weighted by Crippen LogP contribution is -2.36. The van der Waals surface area contributed by atoms with E-state index in [4.69, 9.17) is 10.5 Å². The molecule has 0 radical (unpaired) electrons. The van der Waals surface area contributed by atoms with Crippen molar-refractivity contribution >= 4 is 11.6 Å². The maximum Gasteiger partial charge on any atom is 0.196 e. The number of benzene rings is 2. The molecule has 0 aliphatic carbocycles. The summed E-state index contributed by atoms with van der Waals surface area (Å²) in [6, 6.07) is 18.3. The lowest BCUT2D eigenvalue weighted by atomic mass is 10.1. The zero-order valence-corrected chi connectivity index (χ0v) is 11.4. The Hall–Kier alpha value is -2.49. The summed E-state index contributed by atoms with van der Waals surface area (Å²) in [6.07, 6.45) is 0. The van der Waals surface area contributed by atoms with Gasteiger partial charge in [-0.25, -0.2) is 0 Å². The van der Waals surface area contributed by atoms with Gasteiger partial charge in [0, 0.05) is 0 Å². The highest BCUT2D eigenvalue weighted by Crippen LogP contribution is 2.36. The Kier molecular flexibility index (Phi) is 3.29. The minimum Gasteiger partial charge on any atom is -0.495 e. The topological polar surface area (TPSA) is 50.9 Å². The van der Waals surface area contributed by atoms with E-state index in [9.17, 15) is 0 Å². The van der Waals surface area contributed by atoms with Gasteiger partial charge in [-0.05, 0) is 17.7 Å². The second-order valence-corrected chi connectivity index (χ2v) is 4.67. The third-order valence-corrected chi connectivity index (χ3v) is 3.51. The second kappa shape index (κ2) is 5.25. The molecule has 4 nitrogen and oxygen atoms in total. The molecule has 2 aromatic carbocycles. The molecule has 1 unspecified atom stereocenters. The summed E-state index contributed by atoms with van der Waals surface area (Å²) in [5.41, 5.74) is 8.23. The Labute approximate surface area is 118 Å². The number of nitrogens with zero attached hydrogens (tertiary/aromatic N) is 2. The summed E-state index contributed by atoms with van der Waals surface area (Å²) >= 11 is 0. The van der Waals surface area contributed by atoms with Crippen molar-refractivity contribution in [2.75, 3.05) is 18.6 Å². The average molecular weight is 267 g/mol. The van der Waals surface area contributed by atoms with Crippen LogP contribution in [0.3, 0.4) is 0 Å². The fourth-order valence-corrected chi connectivity index (χ4v) is 2.55. The largest absolute Gasteiger partial charge is 0.495 e. The fraction of sp³-hybridized carbons (Fsp3) is 0.188. The highest BCUT2D eigenvalue weighted by molar-refractivity contribution is 5.98. The molecule has 0 saturated carbocycles. The first kappa shape index (κ1) is 12.5. The molecule has 0 amide bonds. The summed E-state index contributed by atoms with van der Waals surface area (Å²) in [7, 11) is 1.67. The van der Waals surface area contributed by atoms with Crippen LogP contribution in [0.25, 0.3) is 0 Å². The molecule has 1 aliphatic heterocycles. The lowest BCUT2D eigenvalue weighted by Gasteiger charge is -2.28. The summed E-state index contributed by atoms with van der Waals surface area (Å²) in [6.45, 7) is 0.661. The highest BCUT2D eigenvalue weighted by atomic mass is 16.5. The van der Waals surface area contributed by atoms with Crippen molar-refractivity contribution in [3.05, 3.63) is 60.2 Å². The monoisotopic (exact) mass is 267 g/mol. The van der Waals surface area contributed by atoms with Gasteiger partial charge in [-0.2, -0.15) is 0 Å². The van der Waals surface area contributed by atoms with E-state index in [-0.39, 0.29) is 6.04 Å². The molecule has 3 rings (SSSR count). The average Bonchev–Trinajstić information content (AvgIpc) is 2.89. The SMILES string of the molecule is COc1ccccc1N1C(N)=NCC1c1ccccc1. The fourth-order valence-electron chi connectivity index (χ4n) is 2.55. The normalized spacial score (nSPS) is 17.9. The van der Waals surface area contributed by atoms with Crippen LogP contribution in [0.5, 0.6) is 5.75 Å². The number of hydrogen-bond donors (Lipinski definition) is 1. The van der Waals surface area contributed by atoms with Crippen molar-refractivity contribution in [1.82, 2.24) is 0 Å². The Morgan fingerprint density at radius 1 is 1.10 bits per heavy atom. The molecule has 0 fully saturated rings. The van der Waals surface area contributed by atoms with Gasteiger partial charge in [0.2, 0.25) is 0 Å². The molecular formula is C16H17N3O. The molecule has 1 heterocycles. The Morgan fingerprint density at radius 2 is 1.80 bits per heavy atom. The van der Waals surface area contributed by atoms with E-state index in [1.54, 1.807) is 7.11 Å². The number of anilines is 1. The van der Waals surface area contributed by atoms with Gasteiger partial charge in [-0.1, -0.05) is 42.5 Å². The Balaban J connectivity index is 2.03. The molecule has 0 aromatic heterocycles. The van der Waals surface area contributed by atoms with E-state index < -0.39 is 0 Å². The van der Waals surface area contributed by atoms with Gasteiger partial charge in [-0.3, -0.25) is 9.89 Å². The van der Waals surface area contributed by atoms with Crippen LogP contribution in [0.4, 0.5) is 5.69 Å². The summed E-state index contributed by atoms with van der Waals surface area (Å²) in [4.78, 5) is 6.43. The van der Waals surface area contributed by atoms with Crippen molar-refractivity contribution in [3.63, 3.8) is 0 Å². The van der Waals surface area contributed by atoms with Gasteiger partial charge >= 0.3 is 0 Å². The summed E-state index contributed by atoms with van der Waals surface area (Å²) in [5, 5.41) is 0. The zero-order chi connectivity index (χ0) is 13.9. The lowest BCUT2D eigenvalue weighted by molar-refractivity contribution is 0.415. The van der Waals surface area contributed by atoms with Gasteiger partial charge in [0.1, 0.15) is 5.75 Å². The molecule has 0 bridgehead atoms. The number of guanidine groups is 1. The van der Waals surface area contributed by atoms with E-state index in [2.05, 4.69) is 17.1 Å². The molecule has 4 heteroatoms. The number of methoxy groups -OCH3 is 1. The first-order valence-electron chi connectivity index (χ1n) is 6.58. The predicted octanol–water partition coefficient (Wildman–Crippen LogP) is 2.57. The van der Waals surface area contributed by atoms with Gasteiger partial charge < -0.3 is 10.5 Å². The van der Waals surface area contributed by atoms with Gasteiger partial charge in [-0.15, -0.1) is 0 Å². The van der Waals surface area contributed by atoms with Crippen molar-refractivity contribution in [3.8, 4) is 5.75 Å². The summed E-state index contributed by atoms with van der Waals surface area (Å²) < 4.78 is 5.44. The zero-order valence-electron chi connectivity index (χ0n) is 11.4. The van der Waals surface area contributed by atoms with Gasteiger partial charge in [0.15, 0.2) is 5.96 Å². The van der Waals surface area contributed by atoms with Crippen LogP contribution in [0.15, 0.2) is 59.6 Å². The van der Waals surface area contributed by atoms with E-state index in [1.807, 2.05) is 47.4 Å². The van der Waals surface area contributed by atoms with Crippen LogP contribution in [0.1, 0.15) is 11.6 Å². The van der Waals surface area contributed by atoms with Crippen molar-refractivity contribution < 1.29 is 4.74 Å². The number of ether oxygens (including phenoxy) is 1. The van der Waals surface area contributed by atoms with Crippen molar-refractivity contribution in [1.29, 1.82) is 0 Å². The quantitative estimate of drug-likeness (QED) is 0.930. The smallest absolute Gasteiger partial charge is 0.196 e. The van der Waals surface area contributed by atoms with Crippen molar-refractivity contribution in [2.45, 2.75) is 6.04 Å². The number of aliphatic imine (C=N–C) groups is 1. The first-order chi connectivity index (χ1) is 9.81. The van der Waals surface area contributed by atoms with E-state index in [0.717, 1.165) is 11.4 Å². The molecule has 1 aliphatic rings. The van der Waals surface area contributed by atoms with E-state index >= 15 is 0 Å². The van der Waals surface area contributed by atoms with Crippen LogP contribution in [0.2, 0.25) is 0 Å². The maximum absolute atomic E-state index is 6.08. The third-order valence-electron chi connectivity index (χ3n) is 3.51. The molecule has 1 atom stereocenters. The minimum absolute atomic E-state index is 0.118. The van der Waals surface area contributed by atoms with Crippen LogP contribution >= 0.6 is 0 Å². The van der Waals surface area contributed by atoms with E-state index in [1.165, 1.54) is 5.56 Å². The maximum atomic E-state index is 6.08. The van der Waals surface area contributed by atoms with Crippen LogP contribution in [-0.4, -0.2) is 19.6 Å². The molecule has 102 valence electrons. The third kappa shape index (κ3) is 2.09. The van der Waals surface area contributed by atoms with Gasteiger partial charge in [0.05, 0.1) is 25.4 Å². The van der Waals surface area contributed by atoms with Crippen LogP contribution in [-0.2, 0) is 0 Å². The summed E-state index contributed by atoms with van der Waals surface area (Å²) in [5.74, 6) is 1.33. The van der Waals surface area contributed by atoms with Crippen LogP contribution in [0, 0.1) is 0 Å². The molecule has 2 aromatic rings. The predicted molar refractivity (Wildman–Crippen MR) is 81.1 cm³/mol. The standard InChI is InChI=1S/C16H17N3O/c1-20-15-10-6-5-9-13(15)19-14(11-18-16(19)17)12-7-3-2-4-8-12/h2-10,14H,11H2,1H3,(H2,17,18). The molecular weight excluding hydrogens is 250 g/mol. The Bertz CT molecular complexity index is 625. The number of rotatable bonds is 3. The number of hydrogen-bond acceptors (Lipinski definition) is 4. The van der Waals surface area contributed by atoms with Crippen molar-refractivity contribution in [2.24, 2.45) is 10.7 Å². The molecule has 2 N–H and O–H groups in total. The van der Waals surface area contributed by atoms with E-state index in [0.29, 0.717) is 12.5 Å². The Morgan fingerprint density at radius 3 is 2.55 bits per heavy atom. The van der Waals surface area contributed by atoms with Gasteiger partial charge in [0.25, 0.3) is 0 Å². The number of para-hydroxylation sites is 2.